The fourth-order valence-corrected chi connectivity index (χ4v) is 2.17. The molecule has 0 bridgehead atoms. The van der Waals surface area contributed by atoms with Crippen LogP contribution in [-0.4, -0.2) is 6.54 Å². The minimum Gasteiger partial charge on any atom is -0.310 e. The van der Waals surface area contributed by atoms with Gasteiger partial charge in [0.1, 0.15) is 5.82 Å². The second-order valence-corrected chi connectivity index (χ2v) is 5.38. The molecule has 0 radical (unpaired) electrons. The van der Waals surface area contributed by atoms with E-state index in [1.807, 2.05) is 27.7 Å². The standard InChI is InChI=1S/C15H21F4N/c1-5-20-14(10(4)9(2)3)11-6-7-12(13(16)8-11)15(17,18)19/h6-10,14,20H,5H2,1-4H3. The molecule has 1 aromatic rings. The molecule has 2 atom stereocenters. The van der Waals surface area contributed by atoms with E-state index in [-0.39, 0.29) is 12.0 Å². The van der Waals surface area contributed by atoms with Gasteiger partial charge in [-0.2, -0.15) is 13.2 Å². The Morgan fingerprint density at radius 1 is 1.15 bits per heavy atom. The molecule has 0 aliphatic heterocycles. The van der Waals surface area contributed by atoms with Gasteiger partial charge in [-0.1, -0.05) is 33.8 Å². The molecule has 5 heteroatoms. The Morgan fingerprint density at radius 2 is 1.75 bits per heavy atom. The van der Waals surface area contributed by atoms with Crippen molar-refractivity contribution in [1.29, 1.82) is 0 Å². The van der Waals surface area contributed by atoms with E-state index in [1.54, 1.807) is 0 Å². The van der Waals surface area contributed by atoms with Crippen molar-refractivity contribution in [2.75, 3.05) is 6.54 Å². The number of hydrogen-bond donors (Lipinski definition) is 1. The van der Waals surface area contributed by atoms with Gasteiger partial charge in [-0.05, 0) is 36.1 Å². The van der Waals surface area contributed by atoms with Crippen molar-refractivity contribution in [2.45, 2.75) is 39.9 Å². The third-order valence-electron chi connectivity index (χ3n) is 3.66. The maximum atomic E-state index is 13.7. The molecule has 0 aromatic heterocycles. The molecule has 114 valence electrons. The topological polar surface area (TPSA) is 12.0 Å². The fraction of sp³-hybridized carbons (Fsp3) is 0.600. The van der Waals surface area contributed by atoms with Crippen molar-refractivity contribution < 1.29 is 17.6 Å². The van der Waals surface area contributed by atoms with Crippen LogP contribution in [0.4, 0.5) is 17.6 Å². The number of halogens is 4. The molecule has 0 saturated carbocycles. The second-order valence-electron chi connectivity index (χ2n) is 5.38. The summed E-state index contributed by atoms with van der Waals surface area (Å²) in [5.74, 6) is -0.690. The van der Waals surface area contributed by atoms with Crippen LogP contribution in [0.25, 0.3) is 0 Å². The van der Waals surface area contributed by atoms with Gasteiger partial charge in [0, 0.05) is 6.04 Å². The van der Waals surface area contributed by atoms with Crippen LogP contribution in [0.5, 0.6) is 0 Å². The molecule has 1 N–H and O–H groups in total. The maximum Gasteiger partial charge on any atom is 0.419 e. The molecule has 1 rings (SSSR count). The van der Waals surface area contributed by atoms with Crippen molar-refractivity contribution in [3.8, 4) is 0 Å². The van der Waals surface area contributed by atoms with Gasteiger partial charge >= 0.3 is 6.18 Å². The van der Waals surface area contributed by atoms with Crippen molar-refractivity contribution in [3.05, 3.63) is 35.1 Å². The molecular weight excluding hydrogens is 270 g/mol. The average molecular weight is 291 g/mol. The van der Waals surface area contributed by atoms with E-state index in [1.165, 1.54) is 6.07 Å². The first kappa shape index (κ1) is 17.0. The number of rotatable bonds is 5. The first-order valence-corrected chi connectivity index (χ1v) is 6.78. The largest absolute Gasteiger partial charge is 0.419 e. The molecule has 0 aliphatic rings. The molecule has 1 aromatic carbocycles. The summed E-state index contributed by atoms with van der Waals surface area (Å²) in [4.78, 5) is 0. The molecule has 0 saturated heterocycles. The number of alkyl halides is 3. The maximum absolute atomic E-state index is 13.7. The summed E-state index contributed by atoms with van der Waals surface area (Å²) < 4.78 is 51.3. The van der Waals surface area contributed by atoms with E-state index in [0.717, 1.165) is 12.1 Å². The Morgan fingerprint density at radius 3 is 2.15 bits per heavy atom. The molecular formula is C15H21F4N. The van der Waals surface area contributed by atoms with Crippen LogP contribution >= 0.6 is 0 Å². The van der Waals surface area contributed by atoms with Crippen LogP contribution in [0, 0.1) is 17.7 Å². The Labute approximate surface area is 117 Å². The fourth-order valence-electron chi connectivity index (χ4n) is 2.17. The Kier molecular flexibility index (Phi) is 5.57. The normalized spacial score (nSPS) is 15.4. The molecule has 2 unspecified atom stereocenters. The second kappa shape index (κ2) is 6.57. The van der Waals surface area contributed by atoms with Crippen LogP contribution in [0.15, 0.2) is 18.2 Å². The van der Waals surface area contributed by atoms with Gasteiger partial charge in [-0.15, -0.1) is 0 Å². The first-order chi connectivity index (χ1) is 9.18. The third kappa shape index (κ3) is 3.95. The number of benzene rings is 1. The van der Waals surface area contributed by atoms with E-state index < -0.39 is 17.6 Å². The number of hydrogen-bond acceptors (Lipinski definition) is 1. The lowest BCUT2D eigenvalue weighted by Crippen LogP contribution is -2.29. The predicted octanol–water partition coefficient (Wildman–Crippen LogP) is 4.79. The third-order valence-corrected chi connectivity index (χ3v) is 3.66. The summed E-state index contributed by atoms with van der Waals surface area (Å²) in [5, 5.41) is 3.22. The smallest absolute Gasteiger partial charge is 0.310 e. The quantitative estimate of drug-likeness (QED) is 0.769. The van der Waals surface area contributed by atoms with E-state index in [2.05, 4.69) is 5.32 Å². The molecule has 0 spiro atoms. The zero-order valence-electron chi connectivity index (χ0n) is 12.2. The monoisotopic (exact) mass is 291 g/mol. The van der Waals surface area contributed by atoms with E-state index in [0.29, 0.717) is 18.0 Å². The highest BCUT2D eigenvalue weighted by Crippen LogP contribution is 2.34. The average Bonchev–Trinajstić information content (AvgIpc) is 2.33. The summed E-state index contributed by atoms with van der Waals surface area (Å²) in [6.07, 6.45) is -4.65. The van der Waals surface area contributed by atoms with Crippen LogP contribution in [-0.2, 0) is 6.18 Å². The highest BCUT2D eigenvalue weighted by Gasteiger charge is 2.34. The SMILES string of the molecule is CCNC(c1ccc(C(F)(F)F)c(F)c1)C(C)C(C)C. The van der Waals surface area contributed by atoms with Gasteiger partial charge in [0.2, 0.25) is 0 Å². The molecule has 1 nitrogen and oxygen atoms in total. The van der Waals surface area contributed by atoms with Crippen LogP contribution in [0.3, 0.4) is 0 Å². The van der Waals surface area contributed by atoms with Crippen LogP contribution in [0.2, 0.25) is 0 Å². The van der Waals surface area contributed by atoms with Gasteiger partial charge in [0.25, 0.3) is 0 Å². The van der Waals surface area contributed by atoms with Crippen molar-refractivity contribution in [2.24, 2.45) is 11.8 Å². The zero-order chi connectivity index (χ0) is 15.5. The molecule has 0 amide bonds. The Bertz CT molecular complexity index is 440. The lowest BCUT2D eigenvalue weighted by molar-refractivity contribution is -0.140. The van der Waals surface area contributed by atoms with Crippen LogP contribution < -0.4 is 5.32 Å². The van der Waals surface area contributed by atoms with Gasteiger partial charge in [-0.25, -0.2) is 4.39 Å². The molecule has 0 heterocycles. The van der Waals surface area contributed by atoms with Gasteiger partial charge in [-0.3, -0.25) is 0 Å². The predicted molar refractivity (Wildman–Crippen MR) is 71.8 cm³/mol. The highest BCUT2D eigenvalue weighted by molar-refractivity contribution is 5.29. The minimum absolute atomic E-state index is 0.156. The van der Waals surface area contributed by atoms with E-state index in [9.17, 15) is 17.6 Å². The Balaban J connectivity index is 3.13. The van der Waals surface area contributed by atoms with Crippen molar-refractivity contribution in [1.82, 2.24) is 5.32 Å². The van der Waals surface area contributed by atoms with Gasteiger partial charge in [0.15, 0.2) is 0 Å². The number of nitrogens with one attached hydrogen (secondary N) is 1. The zero-order valence-corrected chi connectivity index (χ0v) is 12.2. The summed E-state index contributed by atoms with van der Waals surface area (Å²) >= 11 is 0. The lowest BCUT2D eigenvalue weighted by Gasteiger charge is -2.28. The molecule has 0 aliphatic carbocycles. The van der Waals surface area contributed by atoms with E-state index >= 15 is 0 Å². The highest BCUT2D eigenvalue weighted by atomic mass is 19.4. The first-order valence-electron chi connectivity index (χ1n) is 6.78. The van der Waals surface area contributed by atoms with Crippen molar-refractivity contribution in [3.63, 3.8) is 0 Å². The minimum atomic E-state index is -4.65. The molecule has 0 fully saturated rings. The summed E-state index contributed by atoms with van der Waals surface area (Å²) in [6, 6.07) is 3.02. The summed E-state index contributed by atoms with van der Waals surface area (Å²) in [7, 11) is 0. The van der Waals surface area contributed by atoms with Gasteiger partial charge < -0.3 is 5.32 Å². The Hall–Kier alpha value is -1.10. The van der Waals surface area contributed by atoms with Crippen molar-refractivity contribution >= 4 is 0 Å². The van der Waals surface area contributed by atoms with Gasteiger partial charge in [0.05, 0.1) is 5.56 Å². The van der Waals surface area contributed by atoms with Crippen LogP contribution in [0.1, 0.15) is 44.9 Å². The summed E-state index contributed by atoms with van der Waals surface area (Å²) in [6.45, 7) is 8.67. The van der Waals surface area contributed by atoms with E-state index in [4.69, 9.17) is 0 Å². The molecule has 20 heavy (non-hydrogen) atoms. The summed E-state index contributed by atoms with van der Waals surface area (Å²) in [5.41, 5.74) is -0.660. The lowest BCUT2D eigenvalue weighted by atomic mass is 9.85.